The van der Waals surface area contributed by atoms with Crippen LogP contribution in [0.15, 0.2) is 24.3 Å². The van der Waals surface area contributed by atoms with Gasteiger partial charge in [-0.2, -0.15) is 0 Å². The van der Waals surface area contributed by atoms with Crippen LogP contribution in [0.1, 0.15) is 19.4 Å². The summed E-state index contributed by atoms with van der Waals surface area (Å²) in [5, 5.41) is 3.18. The van der Waals surface area contributed by atoms with E-state index in [-0.39, 0.29) is 11.4 Å². The maximum Gasteiger partial charge on any atom is 0.123 e. The fourth-order valence-electron chi connectivity index (χ4n) is 1.18. The Bertz CT molecular complexity index is 292. The molecule has 0 spiro atoms. The Morgan fingerprint density at radius 1 is 1.43 bits per heavy atom. The van der Waals surface area contributed by atoms with Crippen LogP contribution in [0.5, 0.6) is 0 Å². The van der Waals surface area contributed by atoms with Crippen LogP contribution in [0.4, 0.5) is 4.39 Å². The van der Waals surface area contributed by atoms with Gasteiger partial charge < -0.3 is 11.1 Å². The van der Waals surface area contributed by atoms with E-state index in [4.69, 9.17) is 5.73 Å². The number of hydrogen-bond donors (Lipinski definition) is 2. The topological polar surface area (TPSA) is 38.0 Å². The zero-order chi connectivity index (χ0) is 10.6. The molecule has 1 aromatic carbocycles. The lowest BCUT2D eigenvalue weighted by molar-refractivity contribution is 0.466. The summed E-state index contributed by atoms with van der Waals surface area (Å²) in [5.74, 6) is -0.198. The Morgan fingerprint density at radius 2 is 2.14 bits per heavy atom. The second-order valence-corrected chi connectivity index (χ2v) is 4.22. The number of halogens is 1. The molecule has 0 fully saturated rings. The molecule has 0 unspecified atom stereocenters. The van der Waals surface area contributed by atoms with Crippen molar-refractivity contribution >= 4 is 0 Å². The van der Waals surface area contributed by atoms with Crippen LogP contribution in [0.3, 0.4) is 0 Å². The monoisotopic (exact) mass is 196 g/mol. The quantitative estimate of drug-likeness (QED) is 0.768. The zero-order valence-electron chi connectivity index (χ0n) is 8.68. The smallest absolute Gasteiger partial charge is 0.123 e. The maximum atomic E-state index is 12.8. The fraction of sp³-hybridized carbons (Fsp3) is 0.455. The van der Waals surface area contributed by atoms with Crippen LogP contribution in [0.2, 0.25) is 0 Å². The molecule has 1 rings (SSSR count). The molecule has 0 radical (unpaired) electrons. The molecule has 2 nitrogen and oxygen atoms in total. The summed E-state index contributed by atoms with van der Waals surface area (Å²) in [6, 6.07) is 6.56. The second kappa shape index (κ2) is 4.53. The molecule has 0 aliphatic heterocycles. The first kappa shape index (κ1) is 11.1. The minimum atomic E-state index is -0.229. The van der Waals surface area contributed by atoms with Gasteiger partial charge in [0.2, 0.25) is 0 Å². The molecule has 0 bridgehead atoms. The molecule has 0 aromatic heterocycles. The number of nitrogens with two attached hydrogens (primary N) is 1. The van der Waals surface area contributed by atoms with Gasteiger partial charge in [-0.1, -0.05) is 12.1 Å². The Kier molecular flexibility index (Phi) is 3.61. The standard InChI is InChI=1S/C11H17FN2/c1-11(2,13)8-14-7-9-4-3-5-10(12)6-9/h3-6,14H,7-8,13H2,1-2H3. The van der Waals surface area contributed by atoms with Crippen molar-refractivity contribution in [1.82, 2.24) is 5.32 Å². The Labute approximate surface area is 84.3 Å². The van der Waals surface area contributed by atoms with Gasteiger partial charge in [0.15, 0.2) is 0 Å². The van der Waals surface area contributed by atoms with Crippen LogP contribution in [0, 0.1) is 5.82 Å². The summed E-state index contributed by atoms with van der Waals surface area (Å²) < 4.78 is 12.8. The first-order chi connectivity index (χ1) is 6.47. The molecule has 3 N–H and O–H groups in total. The van der Waals surface area contributed by atoms with Crippen molar-refractivity contribution < 1.29 is 4.39 Å². The molecule has 0 saturated carbocycles. The van der Waals surface area contributed by atoms with Crippen molar-refractivity contribution in [2.75, 3.05) is 6.54 Å². The van der Waals surface area contributed by atoms with Gasteiger partial charge in [-0.15, -0.1) is 0 Å². The summed E-state index contributed by atoms with van der Waals surface area (Å²) in [4.78, 5) is 0. The molecule has 78 valence electrons. The minimum Gasteiger partial charge on any atom is -0.324 e. The lowest BCUT2D eigenvalue weighted by Gasteiger charge is -2.18. The SMILES string of the molecule is CC(C)(N)CNCc1cccc(F)c1. The van der Waals surface area contributed by atoms with E-state index in [1.807, 2.05) is 19.9 Å². The third-order valence-electron chi connectivity index (χ3n) is 1.80. The molecule has 0 saturated heterocycles. The first-order valence-corrected chi connectivity index (χ1v) is 4.71. The predicted molar refractivity (Wildman–Crippen MR) is 56.4 cm³/mol. The van der Waals surface area contributed by atoms with E-state index in [9.17, 15) is 4.39 Å². The van der Waals surface area contributed by atoms with Crippen LogP contribution >= 0.6 is 0 Å². The van der Waals surface area contributed by atoms with E-state index in [0.717, 1.165) is 5.56 Å². The highest BCUT2D eigenvalue weighted by Crippen LogP contribution is 2.03. The van der Waals surface area contributed by atoms with E-state index in [1.54, 1.807) is 6.07 Å². The van der Waals surface area contributed by atoms with Crippen LogP contribution in [-0.4, -0.2) is 12.1 Å². The van der Waals surface area contributed by atoms with E-state index in [2.05, 4.69) is 5.32 Å². The fourth-order valence-corrected chi connectivity index (χ4v) is 1.18. The van der Waals surface area contributed by atoms with Gasteiger partial charge in [-0.05, 0) is 31.5 Å². The van der Waals surface area contributed by atoms with Gasteiger partial charge >= 0.3 is 0 Å². The summed E-state index contributed by atoms with van der Waals surface area (Å²) in [7, 11) is 0. The third-order valence-corrected chi connectivity index (χ3v) is 1.80. The Balaban J connectivity index is 2.39. The van der Waals surface area contributed by atoms with Gasteiger partial charge in [0, 0.05) is 18.6 Å². The largest absolute Gasteiger partial charge is 0.324 e. The summed E-state index contributed by atoms with van der Waals surface area (Å²) in [6.07, 6.45) is 0. The number of nitrogens with one attached hydrogen (secondary N) is 1. The summed E-state index contributed by atoms with van der Waals surface area (Å²) in [5.41, 5.74) is 6.50. The van der Waals surface area contributed by atoms with Crippen molar-refractivity contribution in [2.24, 2.45) is 5.73 Å². The average Bonchev–Trinajstić information content (AvgIpc) is 2.01. The highest BCUT2D eigenvalue weighted by atomic mass is 19.1. The molecule has 0 heterocycles. The lowest BCUT2D eigenvalue weighted by atomic mass is 10.1. The van der Waals surface area contributed by atoms with E-state index in [0.29, 0.717) is 13.1 Å². The highest BCUT2D eigenvalue weighted by Gasteiger charge is 2.08. The first-order valence-electron chi connectivity index (χ1n) is 4.71. The normalized spacial score (nSPS) is 11.7. The highest BCUT2D eigenvalue weighted by molar-refractivity contribution is 5.15. The number of rotatable bonds is 4. The van der Waals surface area contributed by atoms with E-state index >= 15 is 0 Å². The van der Waals surface area contributed by atoms with Crippen molar-refractivity contribution in [1.29, 1.82) is 0 Å². The van der Waals surface area contributed by atoms with Gasteiger partial charge in [-0.25, -0.2) is 4.39 Å². The molecular formula is C11H17FN2. The third kappa shape index (κ3) is 4.35. The zero-order valence-corrected chi connectivity index (χ0v) is 8.68. The molecule has 14 heavy (non-hydrogen) atoms. The average molecular weight is 196 g/mol. The molecule has 0 amide bonds. The summed E-state index contributed by atoms with van der Waals surface area (Å²) in [6.45, 7) is 5.26. The van der Waals surface area contributed by atoms with Gasteiger partial charge in [0.1, 0.15) is 5.82 Å². The van der Waals surface area contributed by atoms with Crippen molar-refractivity contribution in [3.63, 3.8) is 0 Å². The van der Waals surface area contributed by atoms with Crippen LogP contribution < -0.4 is 11.1 Å². The van der Waals surface area contributed by atoms with Crippen molar-refractivity contribution in [3.8, 4) is 0 Å². The van der Waals surface area contributed by atoms with Crippen LogP contribution in [-0.2, 0) is 6.54 Å². The summed E-state index contributed by atoms with van der Waals surface area (Å²) >= 11 is 0. The van der Waals surface area contributed by atoms with Crippen molar-refractivity contribution in [3.05, 3.63) is 35.6 Å². The minimum absolute atomic E-state index is 0.198. The Hall–Kier alpha value is -0.930. The van der Waals surface area contributed by atoms with Gasteiger partial charge in [-0.3, -0.25) is 0 Å². The molecule has 0 atom stereocenters. The van der Waals surface area contributed by atoms with Crippen molar-refractivity contribution in [2.45, 2.75) is 25.9 Å². The maximum absolute atomic E-state index is 12.8. The van der Waals surface area contributed by atoms with Crippen LogP contribution in [0.25, 0.3) is 0 Å². The predicted octanol–water partition coefficient (Wildman–Crippen LogP) is 1.65. The molecule has 0 aliphatic rings. The van der Waals surface area contributed by atoms with E-state index < -0.39 is 0 Å². The molecular weight excluding hydrogens is 179 g/mol. The van der Waals surface area contributed by atoms with E-state index in [1.165, 1.54) is 12.1 Å². The molecule has 0 aliphatic carbocycles. The number of hydrogen-bond acceptors (Lipinski definition) is 2. The van der Waals surface area contributed by atoms with Gasteiger partial charge in [0.05, 0.1) is 0 Å². The lowest BCUT2D eigenvalue weighted by Crippen LogP contribution is -2.42. The Morgan fingerprint density at radius 3 is 2.71 bits per heavy atom. The number of benzene rings is 1. The molecule has 3 heteroatoms. The molecule has 1 aromatic rings. The second-order valence-electron chi connectivity index (χ2n) is 4.22. The van der Waals surface area contributed by atoms with Gasteiger partial charge in [0.25, 0.3) is 0 Å².